The maximum absolute atomic E-state index is 13.2. The fourth-order valence-corrected chi connectivity index (χ4v) is 2.01. The predicted molar refractivity (Wildman–Crippen MR) is 79.4 cm³/mol. The van der Waals surface area contributed by atoms with Gasteiger partial charge in [-0.25, -0.2) is 14.4 Å². The molecule has 0 fully saturated rings. The zero-order chi connectivity index (χ0) is 17.3. The van der Waals surface area contributed by atoms with E-state index in [2.05, 4.69) is 0 Å². The van der Waals surface area contributed by atoms with Crippen molar-refractivity contribution in [1.82, 2.24) is 9.55 Å². The SMILES string of the molecule is O=C(Cn1cc(F)c(=O)[nH]c1=O)Oc1ccc2ccc(=O)oc2c1. The molecule has 0 saturated carbocycles. The molecular formula is C15H9FN2O6. The van der Waals surface area contributed by atoms with Crippen LogP contribution in [0.3, 0.4) is 0 Å². The van der Waals surface area contributed by atoms with Gasteiger partial charge in [0.1, 0.15) is 17.9 Å². The molecule has 24 heavy (non-hydrogen) atoms. The second-order valence-electron chi connectivity index (χ2n) is 4.79. The molecule has 0 bridgehead atoms. The summed E-state index contributed by atoms with van der Waals surface area (Å²) in [5, 5.41) is 0.633. The van der Waals surface area contributed by atoms with Gasteiger partial charge in [-0.05, 0) is 18.2 Å². The molecule has 3 aromatic rings. The molecule has 0 aliphatic rings. The molecule has 0 atom stereocenters. The Morgan fingerprint density at radius 1 is 1.21 bits per heavy atom. The van der Waals surface area contributed by atoms with E-state index >= 15 is 0 Å². The summed E-state index contributed by atoms with van der Waals surface area (Å²) in [6.45, 7) is -0.608. The Kier molecular flexibility index (Phi) is 3.82. The Hall–Kier alpha value is -3.49. The molecule has 0 saturated heterocycles. The van der Waals surface area contributed by atoms with Crippen molar-refractivity contribution in [3.8, 4) is 5.75 Å². The van der Waals surface area contributed by atoms with Gasteiger partial charge in [0.25, 0.3) is 5.56 Å². The topological polar surface area (TPSA) is 111 Å². The quantitative estimate of drug-likeness (QED) is 0.422. The fraction of sp³-hybridized carbons (Fsp3) is 0.0667. The summed E-state index contributed by atoms with van der Waals surface area (Å²) in [6.07, 6.45) is 0.613. The number of fused-ring (bicyclic) bond motifs is 1. The third kappa shape index (κ3) is 3.14. The molecule has 1 aromatic carbocycles. The van der Waals surface area contributed by atoms with Crippen molar-refractivity contribution in [3.05, 3.63) is 73.6 Å². The minimum Gasteiger partial charge on any atom is -0.425 e. The number of benzene rings is 1. The fourth-order valence-electron chi connectivity index (χ4n) is 2.01. The number of H-pyrrole nitrogens is 1. The van der Waals surface area contributed by atoms with E-state index in [0.29, 0.717) is 16.2 Å². The van der Waals surface area contributed by atoms with Crippen molar-refractivity contribution in [2.24, 2.45) is 0 Å². The molecule has 0 aliphatic heterocycles. The average Bonchev–Trinajstić information content (AvgIpc) is 2.52. The standard InChI is InChI=1S/C15H9FN2O6/c16-10-6-18(15(22)17-14(10)21)7-13(20)23-9-3-1-8-2-4-12(19)24-11(8)5-9/h1-6H,7H2,(H,17,21,22). The number of rotatable bonds is 3. The van der Waals surface area contributed by atoms with Crippen LogP contribution in [0, 0.1) is 5.82 Å². The molecule has 0 radical (unpaired) electrons. The molecule has 1 N–H and O–H groups in total. The van der Waals surface area contributed by atoms with Crippen LogP contribution in [0.4, 0.5) is 4.39 Å². The average molecular weight is 332 g/mol. The van der Waals surface area contributed by atoms with E-state index in [1.54, 1.807) is 17.1 Å². The normalized spacial score (nSPS) is 10.7. The van der Waals surface area contributed by atoms with Gasteiger partial charge >= 0.3 is 17.3 Å². The summed E-state index contributed by atoms with van der Waals surface area (Å²) < 4.78 is 23.8. The largest absolute Gasteiger partial charge is 0.425 e. The highest BCUT2D eigenvalue weighted by molar-refractivity contribution is 5.79. The van der Waals surface area contributed by atoms with Crippen LogP contribution in [0.15, 0.2) is 55.3 Å². The highest BCUT2D eigenvalue weighted by Gasteiger charge is 2.11. The van der Waals surface area contributed by atoms with Crippen molar-refractivity contribution in [2.45, 2.75) is 6.54 Å². The van der Waals surface area contributed by atoms with Gasteiger partial charge in [-0.15, -0.1) is 0 Å². The smallest absolute Gasteiger partial charge is 0.336 e. The Morgan fingerprint density at radius 3 is 2.75 bits per heavy atom. The van der Waals surface area contributed by atoms with Crippen LogP contribution in [0.5, 0.6) is 5.75 Å². The summed E-state index contributed by atoms with van der Waals surface area (Å²) in [7, 11) is 0. The lowest BCUT2D eigenvalue weighted by Crippen LogP contribution is -2.34. The van der Waals surface area contributed by atoms with Crippen molar-refractivity contribution in [1.29, 1.82) is 0 Å². The molecule has 0 aliphatic carbocycles. The van der Waals surface area contributed by atoms with Crippen LogP contribution in [-0.2, 0) is 11.3 Å². The molecule has 2 heterocycles. The van der Waals surface area contributed by atoms with Gasteiger partial charge in [-0.1, -0.05) is 0 Å². The lowest BCUT2D eigenvalue weighted by Gasteiger charge is -2.06. The van der Waals surface area contributed by atoms with E-state index in [0.717, 1.165) is 0 Å². The first kappa shape index (κ1) is 15.4. The third-order valence-electron chi connectivity index (χ3n) is 3.09. The van der Waals surface area contributed by atoms with Crippen molar-refractivity contribution in [2.75, 3.05) is 0 Å². The highest BCUT2D eigenvalue weighted by Crippen LogP contribution is 2.19. The molecule has 3 rings (SSSR count). The van der Waals surface area contributed by atoms with Crippen LogP contribution in [0.1, 0.15) is 0 Å². The van der Waals surface area contributed by atoms with E-state index in [-0.39, 0.29) is 11.3 Å². The Bertz CT molecular complexity index is 1110. The molecule has 0 spiro atoms. The monoisotopic (exact) mass is 332 g/mol. The Morgan fingerprint density at radius 2 is 1.96 bits per heavy atom. The molecule has 0 amide bonds. The first-order chi connectivity index (χ1) is 11.4. The number of carbonyl (C=O) groups is 1. The van der Waals surface area contributed by atoms with Gasteiger partial charge < -0.3 is 9.15 Å². The van der Waals surface area contributed by atoms with Gasteiger partial charge in [0.2, 0.25) is 5.82 Å². The Labute approximate surface area is 131 Å². The van der Waals surface area contributed by atoms with Crippen molar-refractivity contribution in [3.63, 3.8) is 0 Å². The highest BCUT2D eigenvalue weighted by atomic mass is 19.1. The zero-order valence-electron chi connectivity index (χ0n) is 11.9. The van der Waals surface area contributed by atoms with Crippen molar-refractivity contribution < 1.29 is 18.3 Å². The molecule has 2 aromatic heterocycles. The van der Waals surface area contributed by atoms with Gasteiger partial charge in [-0.2, -0.15) is 4.39 Å². The van der Waals surface area contributed by atoms with Crippen molar-refractivity contribution >= 4 is 16.9 Å². The number of hydrogen-bond donors (Lipinski definition) is 1. The van der Waals surface area contributed by atoms with Gasteiger partial charge in [0.15, 0.2) is 0 Å². The van der Waals surface area contributed by atoms with E-state index in [1.165, 1.54) is 18.2 Å². The number of carbonyl (C=O) groups excluding carboxylic acids is 1. The minimum atomic E-state index is -1.20. The van der Waals surface area contributed by atoms with Gasteiger partial charge in [0.05, 0.1) is 6.20 Å². The maximum Gasteiger partial charge on any atom is 0.336 e. The number of aromatic nitrogens is 2. The van der Waals surface area contributed by atoms with Crippen LogP contribution in [0.25, 0.3) is 11.0 Å². The number of ether oxygens (including phenoxy) is 1. The van der Waals surface area contributed by atoms with Crippen LogP contribution >= 0.6 is 0 Å². The number of aromatic amines is 1. The predicted octanol–water partition coefficient (Wildman–Crippen LogP) is 0.388. The zero-order valence-corrected chi connectivity index (χ0v) is 11.9. The van der Waals surface area contributed by atoms with Gasteiger partial charge in [-0.3, -0.25) is 14.3 Å². The summed E-state index contributed by atoms with van der Waals surface area (Å²) in [5.41, 5.74) is -2.45. The number of nitrogens with one attached hydrogen (secondary N) is 1. The first-order valence-corrected chi connectivity index (χ1v) is 6.66. The van der Waals surface area contributed by atoms with E-state index in [9.17, 15) is 23.6 Å². The van der Waals surface area contributed by atoms with Gasteiger partial charge in [0, 0.05) is 17.5 Å². The van der Waals surface area contributed by atoms with Crippen LogP contribution < -0.4 is 21.6 Å². The van der Waals surface area contributed by atoms with Crippen LogP contribution in [0.2, 0.25) is 0 Å². The summed E-state index contributed by atoms with van der Waals surface area (Å²) in [4.78, 5) is 47.1. The molecule has 0 unspecified atom stereocenters. The van der Waals surface area contributed by atoms with E-state index < -0.39 is 35.2 Å². The van der Waals surface area contributed by atoms with E-state index in [1.807, 2.05) is 0 Å². The molecule has 9 heteroatoms. The Balaban J connectivity index is 1.82. The number of nitrogens with zero attached hydrogens (tertiary/aromatic N) is 1. The molecule has 8 nitrogen and oxygen atoms in total. The van der Waals surface area contributed by atoms with E-state index in [4.69, 9.17) is 9.15 Å². The maximum atomic E-state index is 13.2. The second-order valence-corrected chi connectivity index (χ2v) is 4.79. The minimum absolute atomic E-state index is 0.0831. The number of hydrogen-bond acceptors (Lipinski definition) is 6. The second kappa shape index (κ2) is 5.95. The third-order valence-corrected chi connectivity index (χ3v) is 3.09. The summed E-state index contributed by atoms with van der Waals surface area (Å²) in [6, 6.07) is 7.19. The molecule has 122 valence electrons. The first-order valence-electron chi connectivity index (χ1n) is 6.66. The summed E-state index contributed by atoms with van der Waals surface area (Å²) in [5.74, 6) is -1.99. The lowest BCUT2D eigenvalue weighted by atomic mass is 10.2. The lowest BCUT2D eigenvalue weighted by molar-refractivity contribution is -0.135. The number of halogens is 1. The van der Waals surface area contributed by atoms with Crippen LogP contribution in [-0.4, -0.2) is 15.5 Å². The molecular weight excluding hydrogens is 323 g/mol. The summed E-state index contributed by atoms with van der Waals surface area (Å²) >= 11 is 0. The number of esters is 1.